The molecule has 9 heteroatoms. The number of hydrogen-bond acceptors (Lipinski definition) is 7. The van der Waals surface area contributed by atoms with Gasteiger partial charge in [0.15, 0.2) is 11.6 Å². The Morgan fingerprint density at radius 1 is 1.03 bits per heavy atom. The zero-order valence-corrected chi connectivity index (χ0v) is 19.8. The number of carbonyl (C=O) groups is 1. The van der Waals surface area contributed by atoms with Crippen molar-refractivity contribution in [2.24, 2.45) is 0 Å². The average molecular weight is 484 g/mol. The van der Waals surface area contributed by atoms with E-state index in [1.807, 2.05) is 53.9 Å². The van der Waals surface area contributed by atoms with E-state index < -0.39 is 10.0 Å². The molecule has 0 fully saturated rings. The van der Waals surface area contributed by atoms with Crippen LogP contribution in [0.2, 0.25) is 0 Å². The van der Waals surface area contributed by atoms with Gasteiger partial charge in [0.1, 0.15) is 5.03 Å². The van der Waals surface area contributed by atoms with Crippen molar-refractivity contribution in [2.75, 3.05) is 18.6 Å². The summed E-state index contributed by atoms with van der Waals surface area (Å²) in [6, 6.07) is 19.1. The molecule has 2 aromatic heterocycles. The molecule has 0 aliphatic heterocycles. The van der Waals surface area contributed by atoms with Crippen LogP contribution in [0.3, 0.4) is 0 Å². The molecular formula is C23H21N3O3S3. The van der Waals surface area contributed by atoms with Gasteiger partial charge in [-0.05, 0) is 29.5 Å². The highest BCUT2D eigenvalue weighted by molar-refractivity contribution is 8.00. The SMILES string of the molecule is CS(=O)(=O)NCCc1ccc(C(=O)CSc2nc(-c3cccs3)nc3ccccc23)cc1. The average Bonchev–Trinajstić information content (AvgIpc) is 3.32. The Morgan fingerprint density at radius 2 is 1.81 bits per heavy atom. The molecule has 0 amide bonds. The van der Waals surface area contributed by atoms with Crippen LogP contribution >= 0.6 is 23.1 Å². The second-order valence-corrected chi connectivity index (χ2v) is 10.9. The fraction of sp³-hybridized carbons (Fsp3) is 0.174. The van der Waals surface area contributed by atoms with Crippen molar-refractivity contribution in [1.82, 2.24) is 14.7 Å². The lowest BCUT2D eigenvalue weighted by Crippen LogP contribution is -2.24. The molecule has 4 rings (SSSR count). The van der Waals surface area contributed by atoms with Crippen LogP contribution in [0.5, 0.6) is 0 Å². The number of para-hydroxylation sites is 1. The quantitative estimate of drug-likeness (QED) is 0.215. The third-order valence-electron chi connectivity index (χ3n) is 4.70. The third-order valence-corrected chi connectivity index (χ3v) is 7.29. The fourth-order valence-electron chi connectivity index (χ4n) is 3.13. The molecule has 0 unspecified atom stereocenters. The van der Waals surface area contributed by atoms with Gasteiger partial charge in [-0.1, -0.05) is 60.3 Å². The van der Waals surface area contributed by atoms with Gasteiger partial charge in [0.2, 0.25) is 10.0 Å². The number of fused-ring (bicyclic) bond motifs is 1. The van der Waals surface area contributed by atoms with Gasteiger partial charge in [0, 0.05) is 17.5 Å². The maximum Gasteiger partial charge on any atom is 0.208 e. The fourth-order valence-corrected chi connectivity index (χ4v) is 5.17. The van der Waals surface area contributed by atoms with Crippen LogP contribution in [0.25, 0.3) is 21.6 Å². The number of nitrogens with one attached hydrogen (secondary N) is 1. The molecule has 4 aromatic rings. The van der Waals surface area contributed by atoms with Gasteiger partial charge in [-0.3, -0.25) is 4.79 Å². The number of thiophene rings is 1. The lowest BCUT2D eigenvalue weighted by Gasteiger charge is -2.08. The molecular weight excluding hydrogens is 462 g/mol. The van der Waals surface area contributed by atoms with Gasteiger partial charge in [-0.15, -0.1) is 11.3 Å². The number of Topliss-reactive ketones (excluding diaryl/α,β-unsaturated/α-hetero) is 1. The van der Waals surface area contributed by atoms with E-state index in [1.54, 1.807) is 23.5 Å². The summed E-state index contributed by atoms with van der Waals surface area (Å²) in [6.45, 7) is 0.329. The minimum absolute atomic E-state index is 0.0103. The summed E-state index contributed by atoms with van der Waals surface area (Å²) in [6.07, 6.45) is 1.70. The molecule has 6 nitrogen and oxygen atoms in total. The van der Waals surface area contributed by atoms with Crippen molar-refractivity contribution >= 4 is 49.8 Å². The molecule has 2 aromatic carbocycles. The molecule has 0 aliphatic carbocycles. The van der Waals surface area contributed by atoms with Gasteiger partial charge in [0.05, 0.1) is 22.4 Å². The van der Waals surface area contributed by atoms with Crippen molar-refractivity contribution in [3.63, 3.8) is 0 Å². The summed E-state index contributed by atoms with van der Waals surface area (Å²) in [5.41, 5.74) is 2.44. The minimum atomic E-state index is -3.20. The standard InChI is InChI=1S/C23H21N3O3S3/c1-32(28,29)24-13-12-16-8-10-17(11-9-16)20(27)15-31-23-18-5-2-3-6-19(18)25-22(26-23)21-7-4-14-30-21/h2-11,14,24H,12-13,15H2,1H3. The summed E-state index contributed by atoms with van der Waals surface area (Å²) in [5.74, 6) is 0.941. The molecule has 164 valence electrons. The Bertz CT molecular complexity index is 1340. The second-order valence-electron chi connectivity index (χ2n) is 7.17. The Labute approximate surface area is 195 Å². The van der Waals surface area contributed by atoms with Gasteiger partial charge in [-0.2, -0.15) is 0 Å². The van der Waals surface area contributed by atoms with E-state index in [4.69, 9.17) is 4.98 Å². The molecule has 0 saturated heterocycles. The van der Waals surface area contributed by atoms with Crippen LogP contribution in [-0.2, 0) is 16.4 Å². The van der Waals surface area contributed by atoms with E-state index in [-0.39, 0.29) is 11.5 Å². The van der Waals surface area contributed by atoms with Crippen molar-refractivity contribution in [1.29, 1.82) is 0 Å². The number of benzene rings is 2. The minimum Gasteiger partial charge on any atom is -0.293 e. The molecule has 0 radical (unpaired) electrons. The molecule has 2 heterocycles. The third kappa shape index (κ3) is 5.80. The van der Waals surface area contributed by atoms with Crippen molar-refractivity contribution in [3.05, 3.63) is 77.2 Å². The molecule has 1 N–H and O–H groups in total. The highest BCUT2D eigenvalue weighted by atomic mass is 32.2. The first kappa shape index (κ1) is 22.6. The van der Waals surface area contributed by atoms with Gasteiger partial charge in [0.25, 0.3) is 0 Å². The number of thioether (sulfide) groups is 1. The molecule has 0 saturated carbocycles. The Morgan fingerprint density at radius 3 is 2.53 bits per heavy atom. The molecule has 0 spiro atoms. The first-order valence-corrected chi connectivity index (χ1v) is 13.6. The maximum atomic E-state index is 12.8. The lowest BCUT2D eigenvalue weighted by molar-refractivity contribution is 0.102. The van der Waals surface area contributed by atoms with E-state index in [1.165, 1.54) is 11.8 Å². The molecule has 0 atom stereocenters. The molecule has 0 aliphatic rings. The van der Waals surface area contributed by atoms with Crippen LogP contribution in [-0.4, -0.2) is 42.7 Å². The Kier molecular flexibility index (Phi) is 7.00. The predicted octanol–water partition coefficient (Wildman–Crippen LogP) is 4.43. The van der Waals surface area contributed by atoms with Crippen LogP contribution in [0, 0.1) is 0 Å². The monoisotopic (exact) mass is 483 g/mol. The van der Waals surface area contributed by atoms with E-state index in [2.05, 4.69) is 9.71 Å². The first-order valence-electron chi connectivity index (χ1n) is 9.89. The van der Waals surface area contributed by atoms with Crippen molar-refractivity contribution < 1.29 is 13.2 Å². The first-order chi connectivity index (χ1) is 15.4. The van der Waals surface area contributed by atoms with E-state index >= 15 is 0 Å². The normalized spacial score (nSPS) is 11.7. The topological polar surface area (TPSA) is 89.0 Å². The van der Waals surface area contributed by atoms with Gasteiger partial charge < -0.3 is 0 Å². The Hall–Kier alpha value is -2.59. The largest absolute Gasteiger partial charge is 0.293 e. The molecule has 32 heavy (non-hydrogen) atoms. The molecule has 0 bridgehead atoms. The summed E-state index contributed by atoms with van der Waals surface area (Å²) < 4.78 is 24.8. The van der Waals surface area contributed by atoms with Crippen LogP contribution in [0.4, 0.5) is 0 Å². The number of ketones is 1. The zero-order chi connectivity index (χ0) is 22.6. The van der Waals surface area contributed by atoms with E-state index in [9.17, 15) is 13.2 Å². The van der Waals surface area contributed by atoms with Gasteiger partial charge >= 0.3 is 0 Å². The number of sulfonamides is 1. The summed E-state index contributed by atoms with van der Waals surface area (Å²) >= 11 is 3.00. The number of hydrogen-bond donors (Lipinski definition) is 1. The summed E-state index contributed by atoms with van der Waals surface area (Å²) in [7, 11) is -3.20. The van der Waals surface area contributed by atoms with Crippen LogP contribution < -0.4 is 4.72 Å². The van der Waals surface area contributed by atoms with Crippen molar-refractivity contribution in [3.8, 4) is 10.7 Å². The summed E-state index contributed by atoms with van der Waals surface area (Å²) in [4.78, 5) is 23.2. The maximum absolute atomic E-state index is 12.8. The smallest absolute Gasteiger partial charge is 0.208 e. The van der Waals surface area contributed by atoms with Gasteiger partial charge in [-0.25, -0.2) is 23.1 Å². The van der Waals surface area contributed by atoms with Crippen LogP contribution in [0.1, 0.15) is 15.9 Å². The number of rotatable bonds is 9. The number of carbonyl (C=O) groups excluding carboxylic acids is 1. The summed E-state index contributed by atoms with van der Waals surface area (Å²) in [5, 5.41) is 3.71. The number of aromatic nitrogens is 2. The van der Waals surface area contributed by atoms with E-state index in [0.717, 1.165) is 32.6 Å². The van der Waals surface area contributed by atoms with E-state index in [0.29, 0.717) is 24.4 Å². The highest BCUT2D eigenvalue weighted by Gasteiger charge is 2.13. The lowest BCUT2D eigenvalue weighted by atomic mass is 10.1. The highest BCUT2D eigenvalue weighted by Crippen LogP contribution is 2.30. The number of nitrogens with zero attached hydrogens (tertiary/aromatic N) is 2. The second kappa shape index (κ2) is 9.91. The predicted molar refractivity (Wildman–Crippen MR) is 131 cm³/mol. The van der Waals surface area contributed by atoms with Crippen molar-refractivity contribution in [2.45, 2.75) is 11.4 Å². The Balaban J connectivity index is 1.46. The van der Waals surface area contributed by atoms with Crippen LogP contribution in [0.15, 0.2) is 71.1 Å². The zero-order valence-electron chi connectivity index (χ0n) is 17.3.